The zero-order chi connectivity index (χ0) is 40.5. The van der Waals surface area contributed by atoms with E-state index in [9.17, 15) is 22.4 Å². The Hall–Kier alpha value is -6.56. The van der Waals surface area contributed by atoms with Crippen molar-refractivity contribution in [1.82, 2.24) is 30.5 Å². The molecule has 3 heterocycles. The van der Waals surface area contributed by atoms with Crippen molar-refractivity contribution in [3.05, 3.63) is 142 Å². The van der Waals surface area contributed by atoms with Crippen molar-refractivity contribution >= 4 is 23.3 Å². The van der Waals surface area contributed by atoms with Crippen LogP contribution in [0.25, 0.3) is 11.3 Å². The van der Waals surface area contributed by atoms with Gasteiger partial charge in [0.05, 0.1) is 50.1 Å². The molecule has 12 nitrogen and oxygen atoms in total. The van der Waals surface area contributed by atoms with E-state index in [2.05, 4.69) is 31.0 Å². The summed E-state index contributed by atoms with van der Waals surface area (Å²) >= 11 is 5.79. The highest BCUT2D eigenvalue weighted by Gasteiger charge is 2.29. The lowest BCUT2D eigenvalue weighted by Gasteiger charge is -2.12. The number of carbonyl (C=O) groups excluding carboxylic acids is 1. The quantitative estimate of drug-likeness (QED) is 0.0495. The summed E-state index contributed by atoms with van der Waals surface area (Å²) in [5.41, 5.74) is 5.35. The predicted octanol–water partition coefficient (Wildman–Crippen LogP) is 7.54. The van der Waals surface area contributed by atoms with Crippen molar-refractivity contribution < 1.29 is 49.9 Å². The summed E-state index contributed by atoms with van der Waals surface area (Å²) in [6, 6.07) is 18.5. The van der Waals surface area contributed by atoms with Gasteiger partial charge in [0.15, 0.2) is 5.84 Å². The second-order valence-electron chi connectivity index (χ2n) is 12.1. The average Bonchev–Trinajstić information content (AvgIpc) is 3.84. The Morgan fingerprint density at radius 1 is 0.895 bits per heavy atom. The number of alkyl halides is 3. The number of imidazole rings is 1. The fourth-order valence-electron chi connectivity index (χ4n) is 5.17. The van der Waals surface area contributed by atoms with E-state index in [0.29, 0.717) is 5.75 Å². The molecule has 0 aliphatic heterocycles. The van der Waals surface area contributed by atoms with Crippen LogP contribution in [0.4, 0.5) is 26.3 Å². The first-order chi connectivity index (χ1) is 27.3. The summed E-state index contributed by atoms with van der Waals surface area (Å²) < 4.78 is 107. The summed E-state index contributed by atoms with van der Waals surface area (Å²) in [6.45, 7) is -1.78. The maximum Gasteiger partial charge on any atom is 0.406 e. The molecule has 0 aliphatic carbocycles. The minimum Gasteiger partial charge on any atom is -0.497 e. The van der Waals surface area contributed by atoms with Crippen molar-refractivity contribution in [3.63, 3.8) is 0 Å². The number of carbonyl (C=O) groups is 1. The molecule has 0 aliphatic rings. The van der Waals surface area contributed by atoms with Crippen LogP contribution in [0, 0.1) is 17.5 Å². The van der Waals surface area contributed by atoms with Gasteiger partial charge in [-0.3, -0.25) is 20.6 Å². The predicted molar refractivity (Wildman–Crippen MR) is 193 cm³/mol. The normalized spacial score (nSPS) is 11.7. The van der Waals surface area contributed by atoms with Gasteiger partial charge in [0.1, 0.15) is 43.0 Å². The minimum atomic E-state index is -4.53. The number of rotatable bonds is 14. The molecule has 0 atom stereocenters. The van der Waals surface area contributed by atoms with Gasteiger partial charge in [-0.2, -0.15) is 13.2 Å². The lowest BCUT2D eigenvalue weighted by atomic mass is 10.0. The summed E-state index contributed by atoms with van der Waals surface area (Å²) in [5.74, 6) is -2.87. The van der Waals surface area contributed by atoms with Gasteiger partial charge in [-0.15, -0.1) is 0 Å². The van der Waals surface area contributed by atoms with Crippen molar-refractivity contribution in [2.24, 2.45) is 4.99 Å². The first kappa shape index (κ1) is 40.1. The molecule has 0 radical (unpaired) electrons. The Bertz CT molecular complexity index is 2370. The fraction of sp³-hybridized carbons (Fsp3) is 0.184. The smallest absolute Gasteiger partial charge is 0.406 e. The fourth-order valence-corrected chi connectivity index (χ4v) is 5.33. The summed E-state index contributed by atoms with van der Waals surface area (Å²) in [7, 11) is 1.53. The monoisotopic (exact) mass is 813 g/mol. The van der Waals surface area contributed by atoms with Gasteiger partial charge in [-0.1, -0.05) is 35.9 Å². The topological polar surface area (TPSA) is 138 Å². The number of halogens is 7. The zero-order valence-corrected chi connectivity index (χ0v) is 30.4. The van der Waals surface area contributed by atoms with Gasteiger partial charge in [0.2, 0.25) is 17.5 Å². The Labute approximate surface area is 325 Å². The molecule has 0 unspecified atom stereocenters. The number of methoxy groups -OCH3 is 1. The van der Waals surface area contributed by atoms with Crippen LogP contribution < -0.4 is 25.1 Å². The largest absolute Gasteiger partial charge is 0.497 e. The third-order valence-electron chi connectivity index (χ3n) is 8.01. The molecule has 296 valence electrons. The number of pyridine rings is 1. The van der Waals surface area contributed by atoms with E-state index < -0.39 is 42.5 Å². The average molecular weight is 814 g/mol. The molecule has 0 fully saturated rings. The SMILES string of the molecule is COc1ccc(COc2cc(C(=NCc3cncn3CC(F)(F)F)NNC(=O)Cc3cc(F)c(-c4cccc(OCc5ccc(Cl)cc5F)n4)cc3F)on2)cc1. The lowest BCUT2D eigenvalue weighted by Crippen LogP contribution is -2.43. The van der Waals surface area contributed by atoms with Gasteiger partial charge in [-0.05, 0) is 53.2 Å². The molecular weight excluding hydrogens is 784 g/mol. The van der Waals surface area contributed by atoms with E-state index in [4.69, 9.17) is 30.3 Å². The molecule has 1 amide bonds. The molecular formula is C38H30ClF6N7O5. The van der Waals surface area contributed by atoms with Gasteiger partial charge in [-0.25, -0.2) is 23.1 Å². The summed E-state index contributed by atoms with van der Waals surface area (Å²) in [6.07, 6.45) is -3.00. The highest BCUT2D eigenvalue weighted by molar-refractivity contribution is 6.30. The number of nitrogens with one attached hydrogen (secondary N) is 2. The summed E-state index contributed by atoms with van der Waals surface area (Å²) in [5, 5.41) is 4.05. The molecule has 0 saturated heterocycles. The minimum absolute atomic E-state index is 0.00924. The number of hydrazine groups is 1. The van der Waals surface area contributed by atoms with E-state index in [1.165, 1.54) is 49.7 Å². The Morgan fingerprint density at radius 3 is 2.42 bits per heavy atom. The number of nitrogens with zero attached hydrogens (tertiary/aromatic N) is 5. The highest BCUT2D eigenvalue weighted by atomic mass is 35.5. The van der Waals surface area contributed by atoms with Crippen molar-refractivity contribution in [2.45, 2.75) is 38.9 Å². The Morgan fingerprint density at radius 2 is 1.67 bits per heavy atom. The third kappa shape index (κ3) is 11.0. The number of aliphatic imine (C=N–C) groups is 1. The van der Waals surface area contributed by atoms with Crippen LogP contribution in [0.15, 0.2) is 101 Å². The third-order valence-corrected chi connectivity index (χ3v) is 8.25. The lowest BCUT2D eigenvalue weighted by molar-refractivity contribution is -0.141. The number of aromatic nitrogens is 4. The number of ether oxygens (including phenoxy) is 3. The van der Waals surface area contributed by atoms with E-state index in [1.54, 1.807) is 24.3 Å². The Balaban J connectivity index is 1.13. The first-order valence-corrected chi connectivity index (χ1v) is 17.1. The standard InChI is InChI=1S/C38H30ClF6N7O5/c1-54-27-9-5-22(6-10-27)18-55-36-15-33(57-51-36)37(47-17-26-16-46-21-52(26)20-38(43,44)45)50-49-34(53)12-24-11-31(42)28(14-30(24)41)32-3-2-4-35(48-32)56-19-23-7-8-25(39)13-29(23)40/h2-11,13-16,21H,12,17-20H2,1H3,(H,47,50)(H,49,53). The van der Waals surface area contributed by atoms with Crippen molar-refractivity contribution in [3.8, 4) is 28.8 Å². The van der Waals surface area contributed by atoms with Crippen LogP contribution in [0.5, 0.6) is 17.5 Å². The van der Waals surface area contributed by atoms with E-state index in [-0.39, 0.29) is 76.2 Å². The van der Waals surface area contributed by atoms with Gasteiger partial charge in [0.25, 0.3) is 5.88 Å². The first-order valence-electron chi connectivity index (χ1n) is 16.7. The Kier molecular flexibility index (Phi) is 12.6. The molecule has 0 saturated carbocycles. The molecule has 19 heteroatoms. The van der Waals surface area contributed by atoms with Crippen LogP contribution in [0.3, 0.4) is 0 Å². The number of amidine groups is 1. The number of hydrogen-bond donors (Lipinski definition) is 2. The van der Waals surface area contributed by atoms with Crippen LogP contribution in [0.2, 0.25) is 5.02 Å². The molecule has 0 bridgehead atoms. The second-order valence-corrected chi connectivity index (χ2v) is 12.6. The molecule has 57 heavy (non-hydrogen) atoms. The number of benzene rings is 3. The van der Waals surface area contributed by atoms with Gasteiger partial charge in [0, 0.05) is 27.8 Å². The maximum atomic E-state index is 15.4. The molecule has 3 aromatic carbocycles. The van der Waals surface area contributed by atoms with Crippen LogP contribution in [-0.2, 0) is 37.5 Å². The zero-order valence-electron chi connectivity index (χ0n) is 29.6. The molecule has 0 spiro atoms. The van der Waals surface area contributed by atoms with E-state index in [0.717, 1.165) is 34.7 Å². The molecule has 6 aromatic rings. The van der Waals surface area contributed by atoms with Gasteiger partial charge < -0.3 is 23.3 Å². The maximum absolute atomic E-state index is 15.4. The van der Waals surface area contributed by atoms with Crippen LogP contribution in [0.1, 0.15) is 28.1 Å². The number of hydrogen-bond acceptors (Lipinski definition) is 9. The summed E-state index contributed by atoms with van der Waals surface area (Å²) in [4.78, 5) is 25.2. The molecule has 6 rings (SSSR count). The van der Waals surface area contributed by atoms with Crippen molar-refractivity contribution in [1.29, 1.82) is 0 Å². The van der Waals surface area contributed by atoms with Crippen molar-refractivity contribution in [2.75, 3.05) is 7.11 Å². The van der Waals surface area contributed by atoms with Gasteiger partial charge >= 0.3 is 6.18 Å². The van der Waals surface area contributed by atoms with Crippen LogP contribution in [-0.4, -0.2) is 44.7 Å². The number of amides is 1. The van der Waals surface area contributed by atoms with E-state index >= 15 is 8.78 Å². The van der Waals surface area contributed by atoms with Crippen LogP contribution >= 0.6 is 11.6 Å². The highest BCUT2D eigenvalue weighted by Crippen LogP contribution is 2.27. The van der Waals surface area contributed by atoms with E-state index in [1.807, 2.05) is 0 Å². The molecule has 2 N–H and O–H groups in total. The molecule has 3 aromatic heterocycles. The second kappa shape index (κ2) is 17.9.